The van der Waals surface area contributed by atoms with Gasteiger partial charge in [-0.3, -0.25) is 0 Å². The largest absolute Gasteiger partial charge is 0.417 e. The first-order valence-electron chi connectivity index (χ1n) is 6.52. The van der Waals surface area contributed by atoms with Gasteiger partial charge >= 0.3 is 6.18 Å². The van der Waals surface area contributed by atoms with Crippen molar-refractivity contribution < 1.29 is 18.3 Å². The minimum absolute atomic E-state index is 0.0329. The van der Waals surface area contributed by atoms with Crippen molar-refractivity contribution in [2.24, 2.45) is 5.92 Å². The molecule has 2 rings (SSSR count). The zero-order valence-electron chi connectivity index (χ0n) is 10.8. The van der Waals surface area contributed by atoms with E-state index in [0.717, 1.165) is 31.5 Å². The smallest absolute Gasteiger partial charge is 0.396 e. The lowest BCUT2D eigenvalue weighted by atomic mass is 10.00. The lowest BCUT2D eigenvalue weighted by Crippen LogP contribution is -2.25. The molecule has 1 saturated carbocycles. The minimum atomic E-state index is -4.44. The van der Waals surface area contributed by atoms with Gasteiger partial charge in [0.2, 0.25) is 0 Å². The highest BCUT2D eigenvalue weighted by molar-refractivity contribution is 6.33. The second-order valence-corrected chi connectivity index (χ2v) is 5.41. The Hall–Kier alpha value is -1.01. The first kappa shape index (κ1) is 15.4. The molecule has 0 aliphatic heterocycles. The molecule has 0 saturated heterocycles. The van der Waals surface area contributed by atoms with Crippen molar-refractivity contribution in [1.29, 1.82) is 0 Å². The van der Waals surface area contributed by atoms with Gasteiger partial charge < -0.3 is 10.4 Å². The molecule has 2 atom stereocenters. The highest BCUT2D eigenvalue weighted by Crippen LogP contribution is 2.35. The van der Waals surface area contributed by atoms with Crippen LogP contribution >= 0.6 is 11.6 Å². The molecule has 20 heavy (non-hydrogen) atoms. The van der Waals surface area contributed by atoms with E-state index in [9.17, 15) is 13.2 Å². The summed E-state index contributed by atoms with van der Waals surface area (Å²) >= 11 is 5.86. The lowest BCUT2D eigenvalue weighted by Gasteiger charge is -2.21. The SMILES string of the molecule is OCCC1CCCC1Nc1ncc(C(F)(F)F)cc1Cl. The Balaban J connectivity index is 2.10. The monoisotopic (exact) mass is 308 g/mol. The average Bonchev–Trinajstić information content (AvgIpc) is 2.78. The summed E-state index contributed by atoms with van der Waals surface area (Å²) < 4.78 is 37.6. The molecule has 1 aliphatic rings. The van der Waals surface area contributed by atoms with Crippen LogP contribution in [0.4, 0.5) is 19.0 Å². The molecule has 0 radical (unpaired) electrons. The van der Waals surface area contributed by atoms with E-state index in [4.69, 9.17) is 16.7 Å². The first-order valence-corrected chi connectivity index (χ1v) is 6.89. The molecule has 0 bridgehead atoms. The Morgan fingerprint density at radius 3 is 2.75 bits per heavy atom. The molecule has 3 nitrogen and oxygen atoms in total. The van der Waals surface area contributed by atoms with Gasteiger partial charge in [-0.25, -0.2) is 4.98 Å². The van der Waals surface area contributed by atoms with E-state index < -0.39 is 11.7 Å². The zero-order chi connectivity index (χ0) is 14.8. The van der Waals surface area contributed by atoms with Crippen molar-refractivity contribution >= 4 is 17.4 Å². The number of rotatable bonds is 4. The molecule has 2 N–H and O–H groups in total. The fourth-order valence-corrected chi connectivity index (χ4v) is 2.83. The molecule has 7 heteroatoms. The van der Waals surface area contributed by atoms with Crippen molar-refractivity contribution in [3.05, 3.63) is 22.8 Å². The molecular weight excluding hydrogens is 293 g/mol. The van der Waals surface area contributed by atoms with Gasteiger partial charge in [-0.05, 0) is 31.2 Å². The van der Waals surface area contributed by atoms with E-state index in [1.54, 1.807) is 0 Å². The number of nitrogens with zero attached hydrogens (tertiary/aromatic N) is 1. The number of aliphatic hydroxyl groups excluding tert-OH is 1. The lowest BCUT2D eigenvalue weighted by molar-refractivity contribution is -0.137. The highest BCUT2D eigenvalue weighted by Gasteiger charge is 2.32. The first-order chi connectivity index (χ1) is 9.41. The van der Waals surface area contributed by atoms with Gasteiger partial charge in [0.25, 0.3) is 0 Å². The number of anilines is 1. The van der Waals surface area contributed by atoms with Crippen LogP contribution in [0.5, 0.6) is 0 Å². The van der Waals surface area contributed by atoms with Gasteiger partial charge in [-0.1, -0.05) is 18.0 Å². The fraction of sp³-hybridized carbons (Fsp3) is 0.615. The van der Waals surface area contributed by atoms with E-state index in [2.05, 4.69) is 10.3 Å². The number of hydrogen-bond donors (Lipinski definition) is 2. The molecule has 2 unspecified atom stereocenters. The van der Waals surface area contributed by atoms with Crippen LogP contribution in [-0.4, -0.2) is 22.7 Å². The molecule has 1 fully saturated rings. The topological polar surface area (TPSA) is 45.1 Å². The fourth-order valence-electron chi connectivity index (χ4n) is 2.61. The standard InChI is InChI=1S/C13H16ClF3N2O/c14-10-6-9(13(15,16)17)7-18-12(10)19-11-3-1-2-8(11)4-5-20/h6-8,11,20H,1-5H2,(H,18,19). The van der Waals surface area contributed by atoms with E-state index in [-0.39, 0.29) is 23.5 Å². The third kappa shape index (κ3) is 3.55. The number of nitrogens with one attached hydrogen (secondary N) is 1. The number of aromatic nitrogens is 1. The van der Waals surface area contributed by atoms with Gasteiger partial charge in [0.1, 0.15) is 5.82 Å². The Labute approximate surface area is 120 Å². The minimum Gasteiger partial charge on any atom is -0.396 e. The van der Waals surface area contributed by atoms with Crippen molar-refractivity contribution in [2.45, 2.75) is 37.9 Å². The maximum atomic E-state index is 12.5. The van der Waals surface area contributed by atoms with Gasteiger partial charge in [-0.2, -0.15) is 13.2 Å². The van der Waals surface area contributed by atoms with Gasteiger partial charge in [0, 0.05) is 18.8 Å². The average molecular weight is 309 g/mol. The highest BCUT2D eigenvalue weighted by atomic mass is 35.5. The number of hydrogen-bond acceptors (Lipinski definition) is 3. The van der Waals surface area contributed by atoms with Crippen LogP contribution in [-0.2, 0) is 6.18 Å². The van der Waals surface area contributed by atoms with E-state index in [0.29, 0.717) is 12.3 Å². The van der Waals surface area contributed by atoms with Crippen LogP contribution < -0.4 is 5.32 Å². The van der Waals surface area contributed by atoms with Gasteiger partial charge in [0.15, 0.2) is 0 Å². The van der Waals surface area contributed by atoms with E-state index >= 15 is 0 Å². The number of aliphatic hydroxyl groups is 1. The predicted molar refractivity (Wildman–Crippen MR) is 70.7 cm³/mol. The molecule has 1 aromatic rings. The molecule has 0 spiro atoms. The summed E-state index contributed by atoms with van der Waals surface area (Å²) in [4.78, 5) is 3.78. The number of halogens is 4. The number of alkyl halides is 3. The Bertz CT molecular complexity index is 467. The van der Waals surface area contributed by atoms with Crippen molar-refractivity contribution in [2.75, 3.05) is 11.9 Å². The van der Waals surface area contributed by atoms with E-state index in [1.165, 1.54) is 0 Å². The third-order valence-corrected chi connectivity index (χ3v) is 3.94. The Morgan fingerprint density at radius 2 is 2.15 bits per heavy atom. The second-order valence-electron chi connectivity index (χ2n) is 5.01. The van der Waals surface area contributed by atoms with Gasteiger partial charge in [-0.15, -0.1) is 0 Å². The Morgan fingerprint density at radius 1 is 1.40 bits per heavy atom. The van der Waals surface area contributed by atoms with Crippen LogP contribution in [0.3, 0.4) is 0 Å². The summed E-state index contributed by atoms with van der Waals surface area (Å²) in [6.45, 7) is 0.108. The van der Waals surface area contributed by atoms with Crippen LogP contribution in [0, 0.1) is 5.92 Å². The summed E-state index contributed by atoms with van der Waals surface area (Å²) in [5.74, 6) is 0.578. The van der Waals surface area contributed by atoms with Crippen molar-refractivity contribution in [1.82, 2.24) is 4.98 Å². The van der Waals surface area contributed by atoms with Crippen molar-refractivity contribution in [3.8, 4) is 0 Å². The second kappa shape index (κ2) is 6.18. The maximum absolute atomic E-state index is 12.5. The maximum Gasteiger partial charge on any atom is 0.417 e. The molecule has 1 aromatic heterocycles. The summed E-state index contributed by atoms with van der Waals surface area (Å²) in [5, 5.41) is 12.1. The molecule has 112 valence electrons. The summed E-state index contributed by atoms with van der Waals surface area (Å²) in [7, 11) is 0. The third-order valence-electron chi connectivity index (χ3n) is 3.65. The Kier molecular flexibility index (Phi) is 4.75. The van der Waals surface area contributed by atoms with Crippen molar-refractivity contribution in [3.63, 3.8) is 0 Å². The molecule has 1 heterocycles. The molecule has 1 aliphatic carbocycles. The molecular formula is C13H16ClF3N2O. The summed E-state index contributed by atoms with van der Waals surface area (Å²) in [6.07, 6.45) is -0.0527. The van der Waals surface area contributed by atoms with E-state index in [1.807, 2.05) is 0 Å². The van der Waals surface area contributed by atoms with Gasteiger partial charge in [0.05, 0.1) is 10.6 Å². The quantitative estimate of drug-likeness (QED) is 0.891. The number of pyridine rings is 1. The zero-order valence-corrected chi connectivity index (χ0v) is 11.5. The normalized spacial score (nSPS) is 23.1. The molecule has 0 aromatic carbocycles. The van der Waals surface area contributed by atoms with Crippen LogP contribution in [0.1, 0.15) is 31.2 Å². The predicted octanol–water partition coefficient (Wildman–Crippen LogP) is 3.72. The van der Waals surface area contributed by atoms with Crippen LogP contribution in [0.2, 0.25) is 5.02 Å². The van der Waals surface area contributed by atoms with Crippen LogP contribution in [0.15, 0.2) is 12.3 Å². The summed E-state index contributed by atoms with van der Waals surface area (Å²) in [6, 6.07) is 0.983. The summed E-state index contributed by atoms with van der Waals surface area (Å²) in [5.41, 5.74) is -0.855. The molecule has 0 amide bonds. The van der Waals surface area contributed by atoms with Crippen LogP contribution in [0.25, 0.3) is 0 Å².